The molecule has 0 saturated carbocycles. The number of methoxy groups -OCH3 is 1. The molecular formula is C13H17FN4O. The lowest BCUT2D eigenvalue weighted by atomic mass is 10.2. The summed E-state index contributed by atoms with van der Waals surface area (Å²) in [6.07, 6.45) is 2.54. The summed E-state index contributed by atoms with van der Waals surface area (Å²) in [5, 5.41) is 7.94. The average molecular weight is 264 g/mol. The Morgan fingerprint density at radius 1 is 1.47 bits per heavy atom. The van der Waals surface area contributed by atoms with Crippen LogP contribution in [0.15, 0.2) is 24.4 Å². The first kappa shape index (κ1) is 13.5. The maximum atomic E-state index is 13.8. The number of nitrogens with two attached hydrogens (primary N) is 1. The van der Waals surface area contributed by atoms with Crippen LogP contribution < -0.4 is 10.5 Å². The zero-order valence-corrected chi connectivity index (χ0v) is 11.0. The van der Waals surface area contributed by atoms with Crippen LogP contribution in [0.2, 0.25) is 0 Å². The largest absolute Gasteiger partial charge is 0.497 e. The minimum Gasteiger partial charge on any atom is -0.497 e. The first-order valence-electron chi connectivity index (χ1n) is 6.12. The van der Waals surface area contributed by atoms with Gasteiger partial charge in [0.15, 0.2) is 0 Å². The molecule has 1 unspecified atom stereocenters. The fraction of sp³-hybridized carbons (Fsp3) is 0.385. The molecule has 0 bridgehead atoms. The van der Waals surface area contributed by atoms with Gasteiger partial charge in [0, 0.05) is 11.6 Å². The van der Waals surface area contributed by atoms with E-state index in [0.29, 0.717) is 17.9 Å². The number of rotatable bonds is 5. The van der Waals surface area contributed by atoms with Crippen LogP contribution in [0.1, 0.15) is 30.6 Å². The SMILES string of the molecule is CCC(N)c1cn(Cc2ccc(OC)cc2F)nn1. The van der Waals surface area contributed by atoms with Gasteiger partial charge in [-0.15, -0.1) is 5.10 Å². The molecule has 0 radical (unpaired) electrons. The Morgan fingerprint density at radius 3 is 2.89 bits per heavy atom. The first-order valence-corrected chi connectivity index (χ1v) is 6.12. The van der Waals surface area contributed by atoms with Crippen LogP contribution in [0, 0.1) is 5.82 Å². The minimum absolute atomic E-state index is 0.130. The highest BCUT2D eigenvalue weighted by atomic mass is 19.1. The lowest BCUT2D eigenvalue weighted by Gasteiger charge is -2.05. The van der Waals surface area contributed by atoms with Crippen molar-refractivity contribution < 1.29 is 9.13 Å². The Hall–Kier alpha value is -1.95. The van der Waals surface area contributed by atoms with E-state index in [-0.39, 0.29) is 11.9 Å². The maximum absolute atomic E-state index is 13.8. The highest BCUT2D eigenvalue weighted by molar-refractivity contribution is 5.29. The number of aromatic nitrogens is 3. The summed E-state index contributed by atoms with van der Waals surface area (Å²) in [5.41, 5.74) is 7.11. The molecule has 0 aliphatic carbocycles. The zero-order valence-electron chi connectivity index (χ0n) is 11.0. The van der Waals surface area contributed by atoms with Gasteiger partial charge in [0.2, 0.25) is 0 Å². The Kier molecular flexibility index (Phi) is 4.11. The molecule has 2 N–H and O–H groups in total. The third kappa shape index (κ3) is 3.08. The van der Waals surface area contributed by atoms with Crippen molar-refractivity contribution in [2.45, 2.75) is 25.9 Å². The van der Waals surface area contributed by atoms with Crippen molar-refractivity contribution in [3.8, 4) is 5.75 Å². The van der Waals surface area contributed by atoms with Gasteiger partial charge in [0.05, 0.1) is 31.6 Å². The molecule has 2 rings (SSSR count). The van der Waals surface area contributed by atoms with Crippen molar-refractivity contribution in [2.75, 3.05) is 7.11 Å². The van der Waals surface area contributed by atoms with E-state index in [1.54, 1.807) is 23.0 Å². The van der Waals surface area contributed by atoms with Gasteiger partial charge < -0.3 is 10.5 Å². The molecule has 6 heteroatoms. The summed E-state index contributed by atoms with van der Waals surface area (Å²) in [4.78, 5) is 0. The van der Waals surface area contributed by atoms with Crippen LogP contribution in [0.5, 0.6) is 5.75 Å². The van der Waals surface area contributed by atoms with Crippen LogP contribution >= 0.6 is 0 Å². The highest BCUT2D eigenvalue weighted by Gasteiger charge is 2.10. The van der Waals surface area contributed by atoms with Gasteiger partial charge >= 0.3 is 0 Å². The van der Waals surface area contributed by atoms with Crippen LogP contribution in [-0.4, -0.2) is 22.1 Å². The monoisotopic (exact) mass is 264 g/mol. The molecule has 0 spiro atoms. The highest BCUT2D eigenvalue weighted by Crippen LogP contribution is 2.17. The zero-order chi connectivity index (χ0) is 13.8. The van der Waals surface area contributed by atoms with Gasteiger partial charge in [-0.2, -0.15) is 0 Å². The standard InChI is InChI=1S/C13H17FN4O/c1-3-12(15)13-8-18(17-16-13)7-9-4-5-10(19-2)6-11(9)14/h4-6,8,12H,3,7,15H2,1-2H3. The van der Waals surface area contributed by atoms with Crippen LogP contribution in [0.25, 0.3) is 0 Å². The van der Waals surface area contributed by atoms with Crippen molar-refractivity contribution in [2.24, 2.45) is 5.73 Å². The van der Waals surface area contributed by atoms with Crippen molar-refractivity contribution in [1.82, 2.24) is 15.0 Å². The molecule has 19 heavy (non-hydrogen) atoms. The number of hydrogen-bond acceptors (Lipinski definition) is 4. The Labute approximate surface area is 111 Å². The third-order valence-electron chi connectivity index (χ3n) is 2.97. The van der Waals surface area contributed by atoms with Crippen LogP contribution in [0.3, 0.4) is 0 Å². The molecule has 5 nitrogen and oxygen atoms in total. The lowest BCUT2D eigenvalue weighted by Crippen LogP contribution is -2.08. The van der Waals surface area contributed by atoms with Crippen LogP contribution in [-0.2, 0) is 6.54 Å². The smallest absolute Gasteiger partial charge is 0.131 e. The van der Waals surface area contributed by atoms with E-state index in [9.17, 15) is 4.39 Å². The second-order valence-electron chi connectivity index (χ2n) is 4.31. The predicted octanol–water partition coefficient (Wildman–Crippen LogP) is 1.88. The van der Waals surface area contributed by atoms with Gasteiger partial charge in [-0.25, -0.2) is 9.07 Å². The number of halogens is 1. The van der Waals surface area contributed by atoms with E-state index in [0.717, 1.165) is 12.1 Å². The fourth-order valence-corrected chi connectivity index (χ4v) is 1.73. The molecule has 1 atom stereocenters. The third-order valence-corrected chi connectivity index (χ3v) is 2.97. The Morgan fingerprint density at radius 2 is 2.26 bits per heavy atom. The fourth-order valence-electron chi connectivity index (χ4n) is 1.73. The van der Waals surface area contributed by atoms with E-state index in [4.69, 9.17) is 10.5 Å². The number of ether oxygens (including phenoxy) is 1. The average Bonchev–Trinajstić information content (AvgIpc) is 2.88. The molecule has 2 aromatic rings. The predicted molar refractivity (Wildman–Crippen MR) is 69.3 cm³/mol. The van der Waals surface area contributed by atoms with Gasteiger partial charge in [-0.3, -0.25) is 0 Å². The molecule has 0 aliphatic heterocycles. The van der Waals surface area contributed by atoms with Gasteiger partial charge in [-0.1, -0.05) is 18.2 Å². The summed E-state index contributed by atoms with van der Waals surface area (Å²) in [5.74, 6) is 0.171. The van der Waals surface area contributed by atoms with Gasteiger partial charge in [-0.05, 0) is 12.5 Å². The summed E-state index contributed by atoms with van der Waals surface area (Å²) in [6.45, 7) is 2.30. The number of nitrogens with zero attached hydrogens (tertiary/aromatic N) is 3. The second kappa shape index (κ2) is 5.79. The topological polar surface area (TPSA) is 66.0 Å². The molecule has 1 heterocycles. The normalized spacial score (nSPS) is 12.4. The van der Waals surface area contributed by atoms with Crippen LogP contribution in [0.4, 0.5) is 4.39 Å². The molecule has 1 aromatic carbocycles. The summed E-state index contributed by atoms with van der Waals surface area (Å²) in [7, 11) is 1.50. The number of benzene rings is 1. The van der Waals surface area contributed by atoms with Crippen molar-refractivity contribution >= 4 is 0 Å². The maximum Gasteiger partial charge on any atom is 0.131 e. The van der Waals surface area contributed by atoms with E-state index < -0.39 is 0 Å². The van der Waals surface area contributed by atoms with Crippen molar-refractivity contribution in [1.29, 1.82) is 0 Å². The summed E-state index contributed by atoms with van der Waals surface area (Å²) >= 11 is 0. The number of hydrogen-bond donors (Lipinski definition) is 1. The molecular weight excluding hydrogens is 247 g/mol. The van der Waals surface area contributed by atoms with E-state index in [2.05, 4.69) is 10.3 Å². The van der Waals surface area contributed by atoms with Crippen molar-refractivity contribution in [3.63, 3.8) is 0 Å². The molecule has 1 aromatic heterocycles. The minimum atomic E-state index is -0.323. The molecule has 102 valence electrons. The van der Waals surface area contributed by atoms with E-state index in [1.807, 2.05) is 6.92 Å². The molecule has 0 saturated heterocycles. The van der Waals surface area contributed by atoms with E-state index in [1.165, 1.54) is 13.2 Å². The lowest BCUT2D eigenvalue weighted by molar-refractivity contribution is 0.410. The summed E-state index contributed by atoms with van der Waals surface area (Å²) < 4.78 is 20.3. The van der Waals surface area contributed by atoms with Gasteiger partial charge in [0.1, 0.15) is 11.6 Å². The Balaban J connectivity index is 2.15. The quantitative estimate of drug-likeness (QED) is 0.895. The molecule has 0 aliphatic rings. The second-order valence-corrected chi connectivity index (χ2v) is 4.31. The Bertz CT molecular complexity index is 555. The first-order chi connectivity index (χ1) is 9.13. The van der Waals surface area contributed by atoms with E-state index >= 15 is 0 Å². The molecule has 0 amide bonds. The molecule has 0 fully saturated rings. The van der Waals surface area contributed by atoms with Gasteiger partial charge in [0.25, 0.3) is 0 Å². The van der Waals surface area contributed by atoms with Crippen molar-refractivity contribution in [3.05, 3.63) is 41.5 Å². The summed E-state index contributed by atoms with van der Waals surface area (Å²) in [6, 6.07) is 4.61.